The molecule has 0 spiro atoms. The molecule has 0 radical (unpaired) electrons. The number of methoxy groups -OCH3 is 1. The third-order valence-corrected chi connectivity index (χ3v) is 5.97. The molecule has 6 nitrogen and oxygen atoms in total. The first-order valence-electron chi connectivity index (χ1n) is 10.9. The van der Waals surface area contributed by atoms with Crippen LogP contribution in [0.4, 0.5) is 0 Å². The van der Waals surface area contributed by atoms with Gasteiger partial charge >= 0.3 is 0 Å². The second-order valence-electron chi connectivity index (χ2n) is 7.99. The van der Waals surface area contributed by atoms with Crippen molar-refractivity contribution in [2.45, 2.75) is 32.7 Å². The molecule has 2 aromatic carbocycles. The first-order chi connectivity index (χ1) is 15.5. The van der Waals surface area contributed by atoms with Crippen LogP contribution in [0.15, 0.2) is 71.9 Å². The van der Waals surface area contributed by atoms with Gasteiger partial charge in [-0.15, -0.1) is 0 Å². The number of carbonyl (C=O) groups is 1. The van der Waals surface area contributed by atoms with Gasteiger partial charge in [-0.1, -0.05) is 31.2 Å². The van der Waals surface area contributed by atoms with Gasteiger partial charge in [0.1, 0.15) is 17.4 Å². The van der Waals surface area contributed by atoms with E-state index in [0.717, 1.165) is 35.1 Å². The lowest BCUT2D eigenvalue weighted by Crippen LogP contribution is -2.26. The van der Waals surface area contributed by atoms with Crippen molar-refractivity contribution in [3.05, 3.63) is 78.0 Å². The quantitative estimate of drug-likeness (QED) is 0.574. The van der Waals surface area contributed by atoms with Gasteiger partial charge in [-0.25, -0.2) is 4.99 Å². The van der Waals surface area contributed by atoms with E-state index in [2.05, 4.69) is 23.3 Å². The van der Waals surface area contributed by atoms with Crippen molar-refractivity contribution in [2.75, 3.05) is 7.11 Å². The first-order valence-corrected chi connectivity index (χ1v) is 10.9. The number of hydrogen-bond acceptors (Lipinski definition) is 3. The van der Waals surface area contributed by atoms with Crippen LogP contribution in [-0.4, -0.2) is 29.3 Å². The van der Waals surface area contributed by atoms with E-state index in [4.69, 9.17) is 10.1 Å². The maximum absolute atomic E-state index is 13.1. The van der Waals surface area contributed by atoms with Gasteiger partial charge in [0.25, 0.3) is 5.91 Å². The third-order valence-electron chi connectivity index (χ3n) is 5.97. The number of benzene rings is 2. The minimum Gasteiger partial charge on any atom is -0.497 e. The predicted molar refractivity (Wildman–Crippen MR) is 129 cm³/mol. The number of aromatic nitrogens is 1. The van der Waals surface area contributed by atoms with Crippen LogP contribution in [0.25, 0.3) is 10.9 Å². The molecule has 1 amide bonds. The summed E-state index contributed by atoms with van der Waals surface area (Å²) in [7, 11) is 1.63. The lowest BCUT2D eigenvalue weighted by atomic mass is 10.0. The van der Waals surface area contributed by atoms with E-state index in [1.165, 1.54) is 0 Å². The van der Waals surface area contributed by atoms with Crippen LogP contribution in [0.2, 0.25) is 0 Å². The van der Waals surface area contributed by atoms with Crippen LogP contribution < -0.4 is 10.1 Å². The zero-order chi connectivity index (χ0) is 22.7. The Hall–Kier alpha value is -3.67. The number of fused-ring (bicyclic) bond motifs is 1. The lowest BCUT2D eigenvalue weighted by Gasteiger charge is -2.16. The summed E-state index contributed by atoms with van der Waals surface area (Å²) in [5, 5.41) is 12.3. The highest BCUT2D eigenvalue weighted by Crippen LogP contribution is 2.24. The molecule has 1 aliphatic rings. The molecule has 1 aromatic heterocycles. The molecule has 2 heterocycles. The average molecular weight is 429 g/mol. The lowest BCUT2D eigenvalue weighted by molar-refractivity contribution is 0.0941. The Bertz CT molecular complexity index is 1220. The van der Waals surface area contributed by atoms with E-state index in [1.54, 1.807) is 7.11 Å². The van der Waals surface area contributed by atoms with Crippen LogP contribution in [0.5, 0.6) is 5.75 Å². The number of amidine groups is 1. The zero-order valence-electron chi connectivity index (χ0n) is 18.6. The zero-order valence-corrected chi connectivity index (χ0v) is 18.6. The van der Waals surface area contributed by atoms with E-state index in [1.807, 2.05) is 72.3 Å². The number of carbonyl (C=O) groups excluding carboxylic acids is 1. The number of nitrogens with one attached hydrogen (secondary N) is 2. The molecule has 0 bridgehead atoms. The van der Waals surface area contributed by atoms with E-state index in [-0.39, 0.29) is 17.9 Å². The Morgan fingerprint density at radius 3 is 2.88 bits per heavy atom. The summed E-state index contributed by atoms with van der Waals surface area (Å²) in [6.07, 6.45) is 7.66. The van der Waals surface area contributed by atoms with Gasteiger partial charge < -0.3 is 14.6 Å². The fourth-order valence-corrected chi connectivity index (χ4v) is 4.03. The van der Waals surface area contributed by atoms with Gasteiger partial charge in [-0.05, 0) is 61.7 Å². The van der Waals surface area contributed by atoms with Crippen LogP contribution in [0.3, 0.4) is 0 Å². The molecular weight excluding hydrogens is 400 g/mol. The number of rotatable bonds is 5. The van der Waals surface area contributed by atoms with Crippen molar-refractivity contribution in [2.24, 2.45) is 10.9 Å². The number of hydrogen-bond donors (Lipinski definition) is 2. The molecular formula is C26H28N4O2. The van der Waals surface area contributed by atoms with E-state index >= 15 is 0 Å². The predicted octanol–water partition coefficient (Wildman–Crippen LogP) is 5.35. The topological polar surface area (TPSA) is 79.5 Å². The molecule has 0 saturated heterocycles. The minimum atomic E-state index is -0.171. The van der Waals surface area contributed by atoms with Gasteiger partial charge in [0, 0.05) is 23.1 Å². The van der Waals surface area contributed by atoms with Crippen molar-refractivity contribution in [3.63, 3.8) is 0 Å². The van der Waals surface area contributed by atoms with Crippen LogP contribution in [-0.2, 0) is 0 Å². The minimum absolute atomic E-state index is 0.138. The number of aliphatic imine (C=N–C) groups is 1. The van der Waals surface area contributed by atoms with Crippen LogP contribution in [0.1, 0.15) is 48.7 Å². The van der Waals surface area contributed by atoms with E-state index in [0.29, 0.717) is 17.2 Å². The maximum Gasteiger partial charge on any atom is 0.252 e. The van der Waals surface area contributed by atoms with Gasteiger partial charge in [-0.2, -0.15) is 0 Å². The van der Waals surface area contributed by atoms with Gasteiger partial charge in [0.05, 0.1) is 18.7 Å². The molecule has 1 aliphatic heterocycles. The van der Waals surface area contributed by atoms with Crippen LogP contribution >= 0.6 is 0 Å². The fourth-order valence-electron chi connectivity index (χ4n) is 4.03. The molecule has 2 unspecified atom stereocenters. The molecule has 32 heavy (non-hydrogen) atoms. The highest BCUT2D eigenvalue weighted by Gasteiger charge is 2.19. The molecule has 0 aliphatic carbocycles. The van der Waals surface area contributed by atoms with Crippen molar-refractivity contribution >= 4 is 28.5 Å². The molecule has 0 saturated carbocycles. The highest BCUT2D eigenvalue weighted by molar-refractivity contribution is 6.12. The Morgan fingerprint density at radius 1 is 1.28 bits per heavy atom. The monoisotopic (exact) mass is 428 g/mol. The summed E-state index contributed by atoms with van der Waals surface area (Å²) in [5.41, 5.74) is 2.47. The molecule has 2 atom stereocenters. The summed E-state index contributed by atoms with van der Waals surface area (Å²) >= 11 is 0. The largest absolute Gasteiger partial charge is 0.497 e. The molecule has 2 N–H and O–H groups in total. The second kappa shape index (κ2) is 9.22. The Labute approximate surface area is 188 Å². The molecule has 4 rings (SSSR count). The van der Waals surface area contributed by atoms with Gasteiger partial charge in [0.2, 0.25) is 0 Å². The van der Waals surface area contributed by atoms with E-state index < -0.39 is 0 Å². The normalized spacial score (nSPS) is 17.0. The summed E-state index contributed by atoms with van der Waals surface area (Å²) in [6, 6.07) is 15.1. The third kappa shape index (κ3) is 4.21. The maximum atomic E-state index is 13.1. The smallest absolute Gasteiger partial charge is 0.252 e. The standard InChI is InChI=1S/C26H28N4O2/c1-4-18-8-6-13-24(29-25(18)27)30-15-14-21-22(11-7-12-23(21)30)26(31)28-17(2)19-9-5-10-20(16-19)32-3/h5-7,9-18,27H,4,8H2,1-3H3,(H,28,31). The van der Waals surface area contributed by atoms with Crippen molar-refractivity contribution in [1.82, 2.24) is 9.88 Å². The van der Waals surface area contributed by atoms with Crippen molar-refractivity contribution in [1.29, 1.82) is 5.41 Å². The number of amides is 1. The SMILES string of the molecule is CCC1CC=CC(n2ccc3c(C(=O)NC(C)c4cccc(OC)c4)cccc32)=NC1=N. The molecule has 6 heteroatoms. The number of ether oxygens (including phenoxy) is 1. The summed E-state index contributed by atoms with van der Waals surface area (Å²) in [6.45, 7) is 4.04. The summed E-state index contributed by atoms with van der Waals surface area (Å²) in [5.74, 6) is 1.86. The fraction of sp³-hybridized carbons (Fsp3) is 0.269. The van der Waals surface area contributed by atoms with Gasteiger partial charge in [0.15, 0.2) is 0 Å². The Morgan fingerprint density at radius 2 is 2.09 bits per heavy atom. The molecule has 0 fully saturated rings. The first kappa shape index (κ1) is 21.6. The average Bonchev–Trinajstić information content (AvgIpc) is 3.15. The molecule has 164 valence electrons. The molecule has 3 aromatic rings. The van der Waals surface area contributed by atoms with Gasteiger partial charge in [-0.3, -0.25) is 10.2 Å². The van der Waals surface area contributed by atoms with Crippen molar-refractivity contribution < 1.29 is 9.53 Å². The van der Waals surface area contributed by atoms with Crippen molar-refractivity contribution in [3.8, 4) is 5.75 Å². The second-order valence-corrected chi connectivity index (χ2v) is 7.99. The van der Waals surface area contributed by atoms with E-state index in [9.17, 15) is 4.79 Å². The Balaban J connectivity index is 1.63. The highest BCUT2D eigenvalue weighted by atomic mass is 16.5. The summed E-state index contributed by atoms with van der Waals surface area (Å²) < 4.78 is 7.24. The summed E-state index contributed by atoms with van der Waals surface area (Å²) in [4.78, 5) is 17.7. The number of nitrogens with zero attached hydrogens (tertiary/aromatic N) is 2. The number of allylic oxidation sites excluding steroid dienone is 2. The Kier molecular flexibility index (Phi) is 6.21. The van der Waals surface area contributed by atoms with Crippen LogP contribution in [0, 0.1) is 11.3 Å².